The van der Waals surface area contributed by atoms with Crippen molar-refractivity contribution < 1.29 is 18.7 Å². The summed E-state index contributed by atoms with van der Waals surface area (Å²) in [5.41, 5.74) is 3.50. The van der Waals surface area contributed by atoms with Crippen LogP contribution in [0.4, 0.5) is 10.1 Å². The van der Waals surface area contributed by atoms with Crippen LogP contribution in [0.15, 0.2) is 48.5 Å². The summed E-state index contributed by atoms with van der Waals surface area (Å²) in [6, 6.07) is 12.6. The largest absolute Gasteiger partial charge is 0.465 e. The Morgan fingerprint density at radius 1 is 1.11 bits per heavy atom. The molecule has 1 N–H and O–H groups in total. The molecule has 1 aromatic heterocycles. The molecule has 0 aliphatic heterocycles. The summed E-state index contributed by atoms with van der Waals surface area (Å²) in [7, 11) is 1.29. The highest BCUT2D eigenvalue weighted by Crippen LogP contribution is 2.29. The number of benzene rings is 2. The van der Waals surface area contributed by atoms with E-state index >= 15 is 0 Å². The van der Waals surface area contributed by atoms with E-state index in [2.05, 4.69) is 10.4 Å². The fourth-order valence-electron chi connectivity index (χ4n) is 3.48. The molecule has 0 bridgehead atoms. The third kappa shape index (κ3) is 3.15. The number of fused-ring (bicyclic) bond motifs is 1. The highest BCUT2D eigenvalue weighted by Gasteiger charge is 2.27. The molecule has 0 fully saturated rings. The maximum atomic E-state index is 13.3. The SMILES string of the molecule is COC(=O)c1ccccc1NC(=O)c1nn(-c2ccc(F)cc2)c2c1CCC2. The fourth-order valence-corrected chi connectivity index (χ4v) is 3.48. The van der Waals surface area contributed by atoms with E-state index < -0.39 is 11.9 Å². The van der Waals surface area contributed by atoms with E-state index in [4.69, 9.17) is 4.74 Å². The zero-order chi connectivity index (χ0) is 19.7. The summed E-state index contributed by atoms with van der Waals surface area (Å²) >= 11 is 0. The van der Waals surface area contributed by atoms with Gasteiger partial charge in [-0.25, -0.2) is 13.9 Å². The van der Waals surface area contributed by atoms with E-state index in [0.29, 0.717) is 17.1 Å². The van der Waals surface area contributed by atoms with Crippen LogP contribution in [0.5, 0.6) is 0 Å². The molecule has 28 heavy (non-hydrogen) atoms. The lowest BCUT2D eigenvalue weighted by molar-refractivity contribution is 0.0602. The van der Waals surface area contributed by atoms with Crippen molar-refractivity contribution in [3.63, 3.8) is 0 Å². The van der Waals surface area contributed by atoms with E-state index in [0.717, 1.165) is 30.5 Å². The molecule has 1 heterocycles. The zero-order valence-electron chi connectivity index (χ0n) is 15.2. The molecular formula is C21H18FN3O3. The van der Waals surface area contributed by atoms with Crippen molar-refractivity contribution in [2.45, 2.75) is 19.3 Å². The van der Waals surface area contributed by atoms with Crippen molar-refractivity contribution in [1.29, 1.82) is 0 Å². The number of carbonyl (C=O) groups excluding carboxylic acids is 2. The molecule has 1 aliphatic carbocycles. The van der Waals surface area contributed by atoms with Crippen molar-refractivity contribution in [3.8, 4) is 5.69 Å². The molecule has 142 valence electrons. The van der Waals surface area contributed by atoms with Gasteiger partial charge in [-0.3, -0.25) is 4.79 Å². The van der Waals surface area contributed by atoms with Crippen LogP contribution in [0, 0.1) is 5.82 Å². The molecule has 7 heteroatoms. The van der Waals surface area contributed by atoms with Crippen LogP contribution < -0.4 is 5.32 Å². The number of anilines is 1. The predicted molar refractivity (Wildman–Crippen MR) is 101 cm³/mol. The van der Waals surface area contributed by atoms with E-state index in [1.165, 1.54) is 19.2 Å². The van der Waals surface area contributed by atoms with Gasteiger partial charge in [0.1, 0.15) is 5.82 Å². The molecule has 0 unspecified atom stereocenters. The summed E-state index contributed by atoms with van der Waals surface area (Å²) < 4.78 is 19.7. The van der Waals surface area contributed by atoms with Gasteiger partial charge in [-0.05, 0) is 55.7 Å². The lowest BCUT2D eigenvalue weighted by Crippen LogP contribution is -2.17. The minimum absolute atomic E-state index is 0.271. The van der Waals surface area contributed by atoms with Crippen molar-refractivity contribution in [1.82, 2.24) is 9.78 Å². The maximum absolute atomic E-state index is 13.3. The third-order valence-corrected chi connectivity index (χ3v) is 4.80. The van der Waals surface area contributed by atoms with Crippen LogP contribution in [0.1, 0.15) is 38.5 Å². The highest BCUT2D eigenvalue weighted by atomic mass is 19.1. The third-order valence-electron chi connectivity index (χ3n) is 4.80. The van der Waals surface area contributed by atoms with Gasteiger partial charge < -0.3 is 10.1 Å². The molecule has 0 saturated heterocycles. The number of aromatic nitrogens is 2. The standard InChI is InChI=1S/C21H18FN3O3/c1-28-21(27)15-5-2-3-7-17(15)23-20(26)19-16-6-4-8-18(16)25(24-19)14-11-9-13(22)10-12-14/h2-3,5,7,9-12H,4,6,8H2,1H3,(H,23,26). The van der Waals surface area contributed by atoms with Gasteiger partial charge in [-0.1, -0.05) is 12.1 Å². The maximum Gasteiger partial charge on any atom is 0.339 e. The topological polar surface area (TPSA) is 73.2 Å². The Kier molecular flexibility index (Phi) is 4.65. The van der Waals surface area contributed by atoms with Crippen LogP contribution >= 0.6 is 0 Å². The van der Waals surface area contributed by atoms with Gasteiger partial charge >= 0.3 is 5.97 Å². The molecule has 2 aromatic carbocycles. The first-order valence-corrected chi connectivity index (χ1v) is 8.94. The molecule has 0 atom stereocenters. The minimum Gasteiger partial charge on any atom is -0.465 e. The van der Waals surface area contributed by atoms with Crippen molar-refractivity contribution in [2.75, 3.05) is 12.4 Å². The number of para-hydroxylation sites is 1. The molecule has 3 aromatic rings. The van der Waals surface area contributed by atoms with E-state index in [9.17, 15) is 14.0 Å². The van der Waals surface area contributed by atoms with Crippen molar-refractivity contribution >= 4 is 17.6 Å². The minimum atomic E-state index is -0.530. The second kappa shape index (κ2) is 7.26. The van der Waals surface area contributed by atoms with E-state index in [1.54, 1.807) is 41.1 Å². The number of ether oxygens (including phenoxy) is 1. The number of halogens is 1. The Hall–Kier alpha value is -3.48. The van der Waals surface area contributed by atoms with Crippen LogP contribution in [0.25, 0.3) is 5.69 Å². The number of carbonyl (C=O) groups is 2. The first-order valence-electron chi connectivity index (χ1n) is 8.94. The quantitative estimate of drug-likeness (QED) is 0.704. The summed E-state index contributed by atoms with van der Waals surface area (Å²) in [6.45, 7) is 0. The van der Waals surface area contributed by atoms with Gasteiger partial charge in [0.2, 0.25) is 0 Å². The Morgan fingerprint density at radius 3 is 2.61 bits per heavy atom. The molecule has 0 radical (unpaired) electrons. The number of esters is 1. The molecular weight excluding hydrogens is 361 g/mol. The molecule has 0 saturated carbocycles. The second-order valence-corrected chi connectivity index (χ2v) is 6.51. The fraction of sp³-hybridized carbons (Fsp3) is 0.190. The number of hydrogen-bond donors (Lipinski definition) is 1. The average Bonchev–Trinajstić information content (AvgIpc) is 3.31. The van der Waals surface area contributed by atoms with Gasteiger partial charge in [-0.2, -0.15) is 5.10 Å². The lowest BCUT2D eigenvalue weighted by atomic mass is 10.1. The molecule has 6 nitrogen and oxygen atoms in total. The number of nitrogens with zero attached hydrogens (tertiary/aromatic N) is 2. The number of hydrogen-bond acceptors (Lipinski definition) is 4. The predicted octanol–water partition coefficient (Wildman–Crippen LogP) is 3.54. The molecule has 1 aliphatic rings. The van der Waals surface area contributed by atoms with Gasteiger partial charge in [0.05, 0.1) is 24.0 Å². The summed E-state index contributed by atoms with van der Waals surface area (Å²) in [6.07, 6.45) is 2.47. The van der Waals surface area contributed by atoms with Crippen molar-refractivity contribution in [2.24, 2.45) is 0 Å². The van der Waals surface area contributed by atoms with E-state index in [1.807, 2.05) is 0 Å². The average molecular weight is 379 g/mol. The Morgan fingerprint density at radius 2 is 1.86 bits per heavy atom. The molecule has 1 amide bonds. The summed E-state index contributed by atoms with van der Waals surface area (Å²) in [5, 5.41) is 7.26. The molecule has 4 rings (SSSR count). The van der Waals surface area contributed by atoms with Crippen molar-refractivity contribution in [3.05, 3.63) is 76.9 Å². The van der Waals surface area contributed by atoms with Gasteiger partial charge in [0, 0.05) is 11.3 Å². The summed E-state index contributed by atoms with van der Waals surface area (Å²) in [5.74, 6) is -1.25. The second-order valence-electron chi connectivity index (χ2n) is 6.51. The smallest absolute Gasteiger partial charge is 0.339 e. The lowest BCUT2D eigenvalue weighted by Gasteiger charge is -2.09. The number of rotatable bonds is 4. The molecule has 0 spiro atoms. The van der Waals surface area contributed by atoms with Crippen LogP contribution in [-0.4, -0.2) is 28.8 Å². The van der Waals surface area contributed by atoms with Crippen LogP contribution in [0.2, 0.25) is 0 Å². The van der Waals surface area contributed by atoms with E-state index in [-0.39, 0.29) is 11.4 Å². The summed E-state index contributed by atoms with van der Waals surface area (Å²) in [4.78, 5) is 24.9. The van der Waals surface area contributed by atoms with Crippen LogP contribution in [0.3, 0.4) is 0 Å². The Bertz CT molecular complexity index is 1060. The van der Waals surface area contributed by atoms with Gasteiger partial charge in [-0.15, -0.1) is 0 Å². The zero-order valence-corrected chi connectivity index (χ0v) is 15.2. The Balaban J connectivity index is 1.69. The Labute approximate surface area is 160 Å². The first-order chi connectivity index (χ1) is 13.6. The van der Waals surface area contributed by atoms with Crippen LogP contribution in [-0.2, 0) is 17.6 Å². The highest BCUT2D eigenvalue weighted by molar-refractivity contribution is 6.08. The number of nitrogens with one attached hydrogen (secondary N) is 1. The normalized spacial score (nSPS) is 12.5. The monoisotopic (exact) mass is 379 g/mol. The first kappa shape index (κ1) is 17.9. The number of amides is 1. The van der Waals surface area contributed by atoms with Gasteiger partial charge in [0.15, 0.2) is 5.69 Å². The van der Waals surface area contributed by atoms with Gasteiger partial charge in [0.25, 0.3) is 5.91 Å². The number of methoxy groups -OCH3 is 1.